The van der Waals surface area contributed by atoms with Gasteiger partial charge in [-0.25, -0.2) is 0 Å². The highest BCUT2D eigenvalue weighted by atomic mass is 35.5. The number of benzene rings is 2. The molecule has 1 amide bonds. The van der Waals surface area contributed by atoms with E-state index in [0.29, 0.717) is 24.3 Å². The second-order valence-electron chi connectivity index (χ2n) is 7.42. The molecule has 0 radical (unpaired) electrons. The Hall–Kier alpha value is -2.00. The average Bonchev–Trinajstić information content (AvgIpc) is 3.48. The van der Waals surface area contributed by atoms with Gasteiger partial charge in [0.1, 0.15) is 5.75 Å². The van der Waals surface area contributed by atoms with E-state index >= 15 is 0 Å². The largest absolute Gasteiger partial charge is 0.493 e. The molecule has 3 atom stereocenters. The Morgan fingerprint density at radius 2 is 1.88 bits per heavy atom. The van der Waals surface area contributed by atoms with Gasteiger partial charge in [0.25, 0.3) is 0 Å². The molecule has 0 bridgehead atoms. The summed E-state index contributed by atoms with van der Waals surface area (Å²) >= 11 is 5.96. The molecule has 3 nitrogen and oxygen atoms in total. The number of ether oxygens (including phenoxy) is 1. The molecule has 4 heteroatoms. The number of piperidine rings is 1. The number of carbonyl (C=O) groups is 1. The van der Waals surface area contributed by atoms with Crippen molar-refractivity contribution < 1.29 is 9.53 Å². The summed E-state index contributed by atoms with van der Waals surface area (Å²) < 4.78 is 5.90. The molecule has 1 saturated heterocycles. The lowest BCUT2D eigenvalue weighted by Gasteiger charge is -2.33. The summed E-state index contributed by atoms with van der Waals surface area (Å²) in [5, 5.41) is 0.745. The first-order valence-corrected chi connectivity index (χ1v) is 9.80. The first-order chi connectivity index (χ1) is 12.7. The topological polar surface area (TPSA) is 29.5 Å². The lowest BCUT2D eigenvalue weighted by molar-refractivity contribution is -0.134. The molecule has 2 fully saturated rings. The number of para-hydroxylation sites is 1. The predicted octanol–water partition coefficient (Wildman–Crippen LogP) is 4.76. The average molecular weight is 370 g/mol. The first kappa shape index (κ1) is 17.4. The summed E-state index contributed by atoms with van der Waals surface area (Å²) in [6, 6.07) is 17.8. The van der Waals surface area contributed by atoms with Crippen LogP contribution in [0.2, 0.25) is 5.02 Å². The smallest absolute Gasteiger partial charge is 0.226 e. The lowest BCUT2D eigenvalue weighted by atomic mass is 9.98. The highest BCUT2D eigenvalue weighted by Gasteiger charge is 2.46. The summed E-state index contributed by atoms with van der Waals surface area (Å²) in [6.07, 6.45) is 3.15. The lowest BCUT2D eigenvalue weighted by Crippen LogP contribution is -2.42. The maximum Gasteiger partial charge on any atom is 0.226 e. The van der Waals surface area contributed by atoms with Crippen LogP contribution in [0.25, 0.3) is 0 Å². The normalized spacial score (nSPS) is 25.0. The van der Waals surface area contributed by atoms with Crippen LogP contribution in [0.5, 0.6) is 5.75 Å². The number of rotatable bonds is 5. The van der Waals surface area contributed by atoms with Crippen LogP contribution in [0.4, 0.5) is 0 Å². The van der Waals surface area contributed by atoms with Gasteiger partial charge in [-0.2, -0.15) is 0 Å². The Kier molecular flexibility index (Phi) is 5.16. The van der Waals surface area contributed by atoms with E-state index in [2.05, 4.69) is 4.90 Å². The number of amides is 1. The molecule has 1 aliphatic heterocycles. The van der Waals surface area contributed by atoms with Crippen molar-refractivity contribution in [3.63, 3.8) is 0 Å². The summed E-state index contributed by atoms with van der Waals surface area (Å²) in [5.41, 5.74) is 1.23. The van der Waals surface area contributed by atoms with Crippen LogP contribution in [-0.4, -0.2) is 30.5 Å². The van der Waals surface area contributed by atoms with Crippen LogP contribution in [0, 0.1) is 11.8 Å². The molecular weight excluding hydrogens is 346 g/mol. The van der Waals surface area contributed by atoms with Crippen molar-refractivity contribution in [2.75, 3.05) is 19.7 Å². The fourth-order valence-corrected chi connectivity index (χ4v) is 4.04. The molecule has 2 aromatic rings. The van der Waals surface area contributed by atoms with Gasteiger partial charge < -0.3 is 9.64 Å². The number of halogens is 1. The van der Waals surface area contributed by atoms with Crippen LogP contribution in [0.15, 0.2) is 54.6 Å². The summed E-state index contributed by atoms with van der Waals surface area (Å²) in [5.74, 6) is 2.14. The van der Waals surface area contributed by atoms with E-state index in [-0.39, 0.29) is 5.92 Å². The molecule has 4 rings (SSSR count). The summed E-state index contributed by atoms with van der Waals surface area (Å²) in [6.45, 7) is 2.37. The van der Waals surface area contributed by atoms with Gasteiger partial charge in [-0.1, -0.05) is 41.9 Å². The van der Waals surface area contributed by atoms with Crippen molar-refractivity contribution in [1.82, 2.24) is 4.90 Å². The second kappa shape index (κ2) is 7.71. The SMILES string of the molecule is O=C(C1CC1c1ccc(Cl)cc1)N1CCCC(COc2ccccc2)C1. The minimum absolute atomic E-state index is 0.143. The van der Waals surface area contributed by atoms with E-state index in [0.717, 1.165) is 43.1 Å². The van der Waals surface area contributed by atoms with Gasteiger partial charge in [0, 0.05) is 29.9 Å². The van der Waals surface area contributed by atoms with E-state index in [1.165, 1.54) is 5.56 Å². The van der Waals surface area contributed by atoms with Crippen LogP contribution < -0.4 is 4.74 Å². The first-order valence-electron chi connectivity index (χ1n) is 9.43. The maximum atomic E-state index is 12.9. The summed E-state index contributed by atoms with van der Waals surface area (Å²) in [7, 11) is 0. The molecule has 1 heterocycles. The van der Waals surface area contributed by atoms with Gasteiger partial charge in [-0.05, 0) is 55.0 Å². The third-order valence-electron chi connectivity index (χ3n) is 5.47. The molecule has 0 aromatic heterocycles. The van der Waals surface area contributed by atoms with Gasteiger partial charge >= 0.3 is 0 Å². The van der Waals surface area contributed by atoms with Gasteiger partial charge in [0.05, 0.1) is 6.61 Å². The number of hydrogen-bond acceptors (Lipinski definition) is 2. The number of carbonyl (C=O) groups excluding carboxylic acids is 1. The fourth-order valence-electron chi connectivity index (χ4n) is 3.91. The Morgan fingerprint density at radius 3 is 2.65 bits per heavy atom. The Bertz CT molecular complexity index is 746. The van der Waals surface area contributed by atoms with Gasteiger partial charge in [-0.3, -0.25) is 4.79 Å². The van der Waals surface area contributed by atoms with Crippen molar-refractivity contribution in [2.24, 2.45) is 11.8 Å². The molecule has 2 aliphatic rings. The van der Waals surface area contributed by atoms with Crippen LogP contribution >= 0.6 is 11.6 Å². The number of hydrogen-bond donors (Lipinski definition) is 0. The predicted molar refractivity (Wildman–Crippen MR) is 104 cm³/mol. The standard InChI is InChI=1S/C22H24ClNO2/c23-18-10-8-17(9-11-18)20-13-21(20)22(25)24-12-4-5-16(14-24)15-26-19-6-2-1-3-7-19/h1-3,6-11,16,20-21H,4-5,12-15H2. The number of nitrogens with zero attached hydrogens (tertiary/aromatic N) is 1. The Labute approximate surface area is 159 Å². The minimum Gasteiger partial charge on any atom is -0.493 e. The van der Waals surface area contributed by atoms with Crippen molar-refractivity contribution in [1.29, 1.82) is 0 Å². The molecular formula is C22H24ClNO2. The minimum atomic E-state index is 0.143. The summed E-state index contributed by atoms with van der Waals surface area (Å²) in [4.78, 5) is 14.9. The fraction of sp³-hybridized carbons (Fsp3) is 0.409. The third-order valence-corrected chi connectivity index (χ3v) is 5.72. The van der Waals surface area contributed by atoms with Crippen molar-refractivity contribution in [3.05, 3.63) is 65.2 Å². The molecule has 0 spiro atoms. The molecule has 136 valence electrons. The molecule has 0 N–H and O–H groups in total. The number of likely N-dealkylation sites (tertiary alicyclic amines) is 1. The molecule has 3 unspecified atom stereocenters. The van der Waals surface area contributed by atoms with E-state index in [4.69, 9.17) is 16.3 Å². The second-order valence-corrected chi connectivity index (χ2v) is 7.85. The zero-order chi connectivity index (χ0) is 17.9. The van der Waals surface area contributed by atoms with Gasteiger partial charge in [0.15, 0.2) is 0 Å². The Balaban J connectivity index is 1.30. The van der Waals surface area contributed by atoms with Crippen molar-refractivity contribution >= 4 is 17.5 Å². The monoisotopic (exact) mass is 369 g/mol. The van der Waals surface area contributed by atoms with E-state index in [1.54, 1.807) is 0 Å². The highest BCUT2D eigenvalue weighted by molar-refractivity contribution is 6.30. The van der Waals surface area contributed by atoms with Crippen molar-refractivity contribution in [2.45, 2.75) is 25.2 Å². The van der Waals surface area contributed by atoms with Crippen LogP contribution in [0.1, 0.15) is 30.7 Å². The molecule has 26 heavy (non-hydrogen) atoms. The quantitative estimate of drug-likeness (QED) is 0.760. The maximum absolute atomic E-state index is 12.9. The van der Waals surface area contributed by atoms with Crippen molar-refractivity contribution in [3.8, 4) is 5.75 Å². The van der Waals surface area contributed by atoms with E-state index in [9.17, 15) is 4.79 Å². The van der Waals surface area contributed by atoms with Crippen LogP contribution in [0.3, 0.4) is 0 Å². The zero-order valence-electron chi connectivity index (χ0n) is 14.8. The van der Waals surface area contributed by atoms with Gasteiger partial charge in [-0.15, -0.1) is 0 Å². The zero-order valence-corrected chi connectivity index (χ0v) is 15.6. The van der Waals surface area contributed by atoms with E-state index < -0.39 is 0 Å². The molecule has 2 aromatic carbocycles. The third kappa shape index (κ3) is 4.04. The molecule has 1 aliphatic carbocycles. The van der Waals surface area contributed by atoms with E-state index in [1.807, 2.05) is 54.6 Å². The Morgan fingerprint density at radius 1 is 1.12 bits per heavy atom. The van der Waals surface area contributed by atoms with Gasteiger partial charge in [0.2, 0.25) is 5.91 Å². The molecule has 1 saturated carbocycles. The van der Waals surface area contributed by atoms with Crippen LogP contribution in [-0.2, 0) is 4.79 Å². The highest BCUT2D eigenvalue weighted by Crippen LogP contribution is 2.48.